The van der Waals surface area contributed by atoms with Crippen molar-refractivity contribution in [2.75, 3.05) is 19.7 Å². The molecule has 1 saturated heterocycles. The Balaban J connectivity index is 1.32. The molecule has 4 fully saturated rings. The fraction of sp³-hybridized carbons (Fsp3) is 0.895. The molecule has 3 saturated carbocycles. The van der Waals surface area contributed by atoms with Crippen molar-refractivity contribution < 1.29 is 14.3 Å². The van der Waals surface area contributed by atoms with Crippen LogP contribution in [0, 0.1) is 17.3 Å². The van der Waals surface area contributed by atoms with Gasteiger partial charge < -0.3 is 15.0 Å². The second-order valence-electron chi connectivity index (χ2n) is 8.23. The lowest BCUT2D eigenvalue weighted by Gasteiger charge is -2.61. The van der Waals surface area contributed by atoms with Crippen molar-refractivity contribution in [2.45, 2.75) is 70.4 Å². The van der Waals surface area contributed by atoms with E-state index in [-0.39, 0.29) is 35.1 Å². The highest BCUT2D eigenvalue weighted by molar-refractivity contribution is 5.83. The number of nitrogens with zero attached hydrogens (tertiary/aromatic N) is 1. The molecule has 24 heavy (non-hydrogen) atoms. The highest BCUT2D eigenvalue weighted by atomic mass is 16.5. The zero-order chi connectivity index (χ0) is 16.7. The van der Waals surface area contributed by atoms with Gasteiger partial charge >= 0.3 is 0 Å². The molecule has 0 bridgehead atoms. The first-order chi connectivity index (χ1) is 11.6. The van der Waals surface area contributed by atoms with E-state index in [0.717, 1.165) is 45.3 Å². The lowest BCUT2D eigenvalue weighted by Crippen LogP contribution is -2.68. The number of likely N-dealkylation sites (tertiary alicyclic amines) is 1. The van der Waals surface area contributed by atoms with Gasteiger partial charge in [0.2, 0.25) is 11.8 Å². The molecular formula is C19H30N2O3. The molecule has 0 radical (unpaired) electrons. The molecule has 134 valence electrons. The van der Waals surface area contributed by atoms with Crippen molar-refractivity contribution in [3.63, 3.8) is 0 Å². The minimum atomic E-state index is -0.0234. The molecule has 0 aromatic heterocycles. The minimum absolute atomic E-state index is 0.0234. The predicted molar refractivity (Wildman–Crippen MR) is 90.3 cm³/mol. The molecule has 4 aliphatic rings. The molecule has 3 atom stereocenters. The van der Waals surface area contributed by atoms with Gasteiger partial charge in [-0.3, -0.25) is 9.59 Å². The molecule has 0 unspecified atom stereocenters. The van der Waals surface area contributed by atoms with Crippen LogP contribution in [-0.4, -0.2) is 48.6 Å². The third-order valence-corrected chi connectivity index (χ3v) is 6.78. The number of rotatable bonds is 5. The number of carbonyl (C=O) groups is 2. The summed E-state index contributed by atoms with van der Waals surface area (Å²) in [6, 6.07) is 0.282. The van der Waals surface area contributed by atoms with Crippen LogP contribution in [0.4, 0.5) is 0 Å². The van der Waals surface area contributed by atoms with Gasteiger partial charge in [0.15, 0.2) is 0 Å². The van der Waals surface area contributed by atoms with E-state index in [1.165, 1.54) is 19.3 Å². The number of nitrogens with one attached hydrogen (secondary N) is 1. The van der Waals surface area contributed by atoms with E-state index in [2.05, 4.69) is 5.32 Å². The number of carbonyl (C=O) groups excluding carboxylic acids is 2. The molecule has 0 aromatic rings. The van der Waals surface area contributed by atoms with E-state index >= 15 is 0 Å². The zero-order valence-electron chi connectivity index (χ0n) is 14.8. The summed E-state index contributed by atoms with van der Waals surface area (Å²) in [7, 11) is 0. The molecule has 3 aliphatic carbocycles. The van der Waals surface area contributed by atoms with Crippen molar-refractivity contribution >= 4 is 11.8 Å². The van der Waals surface area contributed by atoms with Gasteiger partial charge in [-0.05, 0) is 51.9 Å². The smallest absolute Gasteiger partial charge is 0.225 e. The topological polar surface area (TPSA) is 58.6 Å². The third kappa shape index (κ3) is 2.75. The van der Waals surface area contributed by atoms with Crippen LogP contribution < -0.4 is 5.32 Å². The average Bonchev–Trinajstić information content (AvgIpc) is 3.36. The summed E-state index contributed by atoms with van der Waals surface area (Å²) >= 11 is 0. The van der Waals surface area contributed by atoms with Gasteiger partial charge in [0, 0.05) is 37.1 Å². The number of ether oxygens (including phenoxy) is 1. The van der Waals surface area contributed by atoms with Gasteiger partial charge in [-0.15, -0.1) is 0 Å². The SMILES string of the molecule is CCO[C@@H]1C[C@H](NC(=O)[C@@H]2CCCN(C(=O)C3CC3)C2)C12CCC2. The van der Waals surface area contributed by atoms with E-state index in [1.807, 2.05) is 11.8 Å². The molecule has 5 nitrogen and oxygen atoms in total. The average molecular weight is 334 g/mol. The van der Waals surface area contributed by atoms with Crippen LogP contribution in [-0.2, 0) is 14.3 Å². The van der Waals surface area contributed by atoms with Gasteiger partial charge in [0.1, 0.15) is 0 Å². The molecule has 1 spiro atoms. The van der Waals surface area contributed by atoms with Crippen molar-refractivity contribution in [3.8, 4) is 0 Å². The Kier molecular flexibility index (Phi) is 4.31. The fourth-order valence-electron chi connectivity index (χ4n) is 4.91. The van der Waals surface area contributed by atoms with Crippen molar-refractivity contribution in [2.24, 2.45) is 17.3 Å². The number of amides is 2. The Morgan fingerprint density at radius 2 is 1.96 bits per heavy atom. The first-order valence-electron chi connectivity index (χ1n) is 9.85. The maximum absolute atomic E-state index is 12.8. The summed E-state index contributed by atoms with van der Waals surface area (Å²) in [4.78, 5) is 27.0. The van der Waals surface area contributed by atoms with Crippen molar-refractivity contribution in [1.82, 2.24) is 10.2 Å². The first-order valence-corrected chi connectivity index (χ1v) is 9.85. The Hall–Kier alpha value is -1.10. The van der Waals surface area contributed by atoms with E-state index < -0.39 is 0 Å². The summed E-state index contributed by atoms with van der Waals surface area (Å²) in [6.45, 7) is 4.26. The highest BCUT2D eigenvalue weighted by Crippen LogP contribution is 2.57. The van der Waals surface area contributed by atoms with E-state index in [0.29, 0.717) is 12.6 Å². The number of hydrogen-bond acceptors (Lipinski definition) is 3. The van der Waals surface area contributed by atoms with E-state index in [4.69, 9.17) is 4.74 Å². The Morgan fingerprint density at radius 1 is 1.17 bits per heavy atom. The fourth-order valence-corrected chi connectivity index (χ4v) is 4.91. The third-order valence-electron chi connectivity index (χ3n) is 6.78. The lowest BCUT2D eigenvalue weighted by atomic mass is 9.51. The largest absolute Gasteiger partial charge is 0.378 e. The number of piperidine rings is 1. The highest BCUT2D eigenvalue weighted by Gasteiger charge is 2.59. The van der Waals surface area contributed by atoms with Crippen LogP contribution in [0.3, 0.4) is 0 Å². The Labute approximate surface area is 144 Å². The maximum atomic E-state index is 12.8. The van der Waals surface area contributed by atoms with Crippen LogP contribution in [0.1, 0.15) is 58.3 Å². The second-order valence-corrected chi connectivity index (χ2v) is 8.23. The van der Waals surface area contributed by atoms with Gasteiger partial charge in [-0.25, -0.2) is 0 Å². The molecule has 5 heteroatoms. The summed E-state index contributed by atoms with van der Waals surface area (Å²) < 4.78 is 5.87. The first kappa shape index (κ1) is 16.4. The Morgan fingerprint density at radius 3 is 2.58 bits per heavy atom. The summed E-state index contributed by atoms with van der Waals surface area (Å²) in [5.41, 5.74) is 0.212. The monoisotopic (exact) mass is 334 g/mol. The van der Waals surface area contributed by atoms with Crippen LogP contribution >= 0.6 is 0 Å². The van der Waals surface area contributed by atoms with E-state index in [1.54, 1.807) is 0 Å². The molecule has 2 amide bonds. The van der Waals surface area contributed by atoms with Gasteiger partial charge in [0.25, 0.3) is 0 Å². The standard InChI is InChI=1S/C19H30N2O3/c1-2-24-16-11-15(19(16)8-4-9-19)20-17(22)14-5-3-10-21(12-14)18(23)13-6-7-13/h13-16H,2-12H2,1H3,(H,20,22)/t14-,15+,16-/m1/s1. The van der Waals surface area contributed by atoms with Gasteiger partial charge in [0.05, 0.1) is 12.0 Å². The van der Waals surface area contributed by atoms with Crippen molar-refractivity contribution in [3.05, 3.63) is 0 Å². The normalized spacial score (nSPS) is 34.4. The quantitative estimate of drug-likeness (QED) is 0.838. The second kappa shape index (κ2) is 6.32. The summed E-state index contributed by atoms with van der Waals surface area (Å²) in [5, 5.41) is 3.31. The molecule has 1 aliphatic heterocycles. The van der Waals surface area contributed by atoms with Gasteiger partial charge in [-0.2, -0.15) is 0 Å². The van der Waals surface area contributed by atoms with Crippen molar-refractivity contribution in [1.29, 1.82) is 0 Å². The lowest BCUT2D eigenvalue weighted by molar-refractivity contribution is -0.177. The summed E-state index contributed by atoms with van der Waals surface area (Å²) in [5.74, 6) is 0.672. The molecule has 1 N–H and O–H groups in total. The molecule has 0 aromatic carbocycles. The maximum Gasteiger partial charge on any atom is 0.225 e. The molecular weight excluding hydrogens is 304 g/mol. The minimum Gasteiger partial charge on any atom is -0.378 e. The predicted octanol–water partition coefficient (Wildman–Crippen LogP) is 2.10. The van der Waals surface area contributed by atoms with Crippen LogP contribution in [0.2, 0.25) is 0 Å². The van der Waals surface area contributed by atoms with Crippen LogP contribution in [0.5, 0.6) is 0 Å². The Bertz CT molecular complexity index is 513. The van der Waals surface area contributed by atoms with Crippen LogP contribution in [0.25, 0.3) is 0 Å². The summed E-state index contributed by atoms with van der Waals surface area (Å²) in [6.07, 6.45) is 8.84. The van der Waals surface area contributed by atoms with E-state index in [9.17, 15) is 9.59 Å². The zero-order valence-corrected chi connectivity index (χ0v) is 14.8. The molecule has 1 heterocycles. The van der Waals surface area contributed by atoms with Crippen LogP contribution in [0.15, 0.2) is 0 Å². The molecule has 4 rings (SSSR count). The van der Waals surface area contributed by atoms with Gasteiger partial charge in [-0.1, -0.05) is 6.42 Å². The number of hydrogen-bond donors (Lipinski definition) is 1.